The molecule has 6 heteroatoms. The van der Waals surface area contributed by atoms with Crippen molar-refractivity contribution < 1.29 is 18.4 Å². The van der Waals surface area contributed by atoms with Crippen LogP contribution in [0, 0.1) is 23.5 Å². The number of hydrogen-bond acceptors (Lipinski definition) is 3. The van der Waals surface area contributed by atoms with Crippen LogP contribution in [0.3, 0.4) is 0 Å². The Balaban J connectivity index is 0.00000136. The van der Waals surface area contributed by atoms with Crippen molar-refractivity contribution in [1.29, 1.82) is 0 Å². The molecule has 0 aliphatic carbocycles. The van der Waals surface area contributed by atoms with Crippen LogP contribution in [0.1, 0.15) is 71.3 Å². The first-order valence-electron chi connectivity index (χ1n) is 10.4. The fourth-order valence-corrected chi connectivity index (χ4v) is 4.15. The summed E-state index contributed by atoms with van der Waals surface area (Å²) in [6.07, 6.45) is 3.47. The van der Waals surface area contributed by atoms with E-state index in [-0.39, 0.29) is 18.4 Å². The molecule has 1 atom stereocenters. The van der Waals surface area contributed by atoms with E-state index in [1.54, 1.807) is 0 Å². The number of carbonyl (C=O) groups excluding carboxylic acids is 2. The van der Waals surface area contributed by atoms with Gasteiger partial charge in [0.05, 0.1) is 5.92 Å². The van der Waals surface area contributed by atoms with Crippen molar-refractivity contribution in [3.63, 3.8) is 0 Å². The molecule has 2 aliphatic rings. The van der Waals surface area contributed by atoms with Gasteiger partial charge in [-0.3, -0.25) is 14.9 Å². The number of rotatable bonds is 4. The Morgan fingerprint density at radius 2 is 1.64 bits per heavy atom. The van der Waals surface area contributed by atoms with Crippen molar-refractivity contribution in [2.45, 2.75) is 65.7 Å². The molecule has 2 aliphatic heterocycles. The molecule has 0 bridgehead atoms. The van der Waals surface area contributed by atoms with E-state index in [1.807, 2.05) is 18.7 Å². The van der Waals surface area contributed by atoms with Crippen molar-refractivity contribution in [1.82, 2.24) is 5.32 Å². The van der Waals surface area contributed by atoms with Crippen molar-refractivity contribution in [2.24, 2.45) is 11.8 Å². The van der Waals surface area contributed by atoms with Crippen molar-refractivity contribution in [3.8, 4) is 0 Å². The first-order valence-corrected chi connectivity index (χ1v) is 10.4. The van der Waals surface area contributed by atoms with Crippen LogP contribution < -0.4 is 10.2 Å². The number of halogens is 2. The maximum atomic E-state index is 14.6. The fraction of sp³-hybridized carbons (Fsp3) is 0.636. The third-order valence-corrected chi connectivity index (χ3v) is 5.44. The molecule has 0 aromatic heterocycles. The zero-order chi connectivity index (χ0) is 20.8. The number of imide groups is 1. The van der Waals surface area contributed by atoms with Gasteiger partial charge in [-0.1, -0.05) is 27.7 Å². The van der Waals surface area contributed by atoms with E-state index in [4.69, 9.17) is 0 Å². The van der Waals surface area contributed by atoms with Crippen LogP contribution in [0.15, 0.2) is 12.1 Å². The largest absolute Gasteiger partial charge is 0.371 e. The Hall–Kier alpha value is -1.98. The van der Waals surface area contributed by atoms with Crippen LogP contribution >= 0.6 is 0 Å². The lowest BCUT2D eigenvalue weighted by molar-refractivity contribution is -0.134. The zero-order valence-corrected chi connectivity index (χ0v) is 17.4. The molecule has 2 fully saturated rings. The van der Waals surface area contributed by atoms with E-state index in [1.165, 1.54) is 18.6 Å². The van der Waals surface area contributed by atoms with Crippen LogP contribution in [-0.2, 0) is 9.59 Å². The topological polar surface area (TPSA) is 49.4 Å². The molecule has 156 valence electrons. The predicted molar refractivity (Wildman–Crippen MR) is 107 cm³/mol. The van der Waals surface area contributed by atoms with Gasteiger partial charge in [0.15, 0.2) is 0 Å². The van der Waals surface area contributed by atoms with Gasteiger partial charge in [-0.2, -0.15) is 0 Å². The van der Waals surface area contributed by atoms with Crippen LogP contribution in [-0.4, -0.2) is 24.9 Å². The second-order valence-electron chi connectivity index (χ2n) is 7.89. The van der Waals surface area contributed by atoms with Crippen LogP contribution in [0.5, 0.6) is 0 Å². The Kier molecular flexibility index (Phi) is 7.96. The van der Waals surface area contributed by atoms with Gasteiger partial charge < -0.3 is 4.90 Å². The number of carbonyl (C=O) groups is 2. The van der Waals surface area contributed by atoms with E-state index in [9.17, 15) is 18.4 Å². The highest BCUT2D eigenvalue weighted by molar-refractivity contribution is 6.01. The highest BCUT2D eigenvalue weighted by Gasteiger charge is 2.33. The number of nitrogens with zero attached hydrogens (tertiary/aromatic N) is 1. The van der Waals surface area contributed by atoms with Gasteiger partial charge in [-0.05, 0) is 49.7 Å². The summed E-state index contributed by atoms with van der Waals surface area (Å²) >= 11 is 0. The molecule has 2 saturated heterocycles. The highest BCUT2D eigenvalue weighted by atomic mass is 19.1. The molecule has 2 amide bonds. The minimum Gasteiger partial charge on any atom is -0.371 e. The Morgan fingerprint density at radius 1 is 1.07 bits per heavy atom. The summed E-state index contributed by atoms with van der Waals surface area (Å²) in [6, 6.07) is 2.65. The van der Waals surface area contributed by atoms with Crippen LogP contribution in [0.4, 0.5) is 14.5 Å². The summed E-state index contributed by atoms with van der Waals surface area (Å²) in [6.45, 7) is 10.00. The summed E-state index contributed by atoms with van der Waals surface area (Å²) in [7, 11) is 0. The second kappa shape index (κ2) is 9.99. The minimum absolute atomic E-state index is 0.0976. The lowest BCUT2D eigenvalue weighted by atomic mass is 9.87. The average Bonchev–Trinajstić information content (AvgIpc) is 2.64. The lowest BCUT2D eigenvalue weighted by Gasteiger charge is -2.34. The summed E-state index contributed by atoms with van der Waals surface area (Å²) in [4.78, 5) is 25.2. The molecule has 0 saturated carbocycles. The van der Waals surface area contributed by atoms with Gasteiger partial charge in [-0.25, -0.2) is 8.78 Å². The normalized spacial score (nSPS) is 20.7. The molecular weight excluding hydrogens is 362 g/mol. The van der Waals surface area contributed by atoms with Crippen molar-refractivity contribution in [3.05, 3.63) is 29.3 Å². The standard InChI is InChI=1S/C20H26F2N2O2.C2H6/c1-12(2)9-13-5-7-24(8-6-13)14-10-16(21)19(17(22)11-14)15-3-4-18(25)23-20(15)26;1-2/h10-13,15H,3-9H2,1-2H3,(H,23,25,26);1-2H3. The number of anilines is 1. The lowest BCUT2D eigenvalue weighted by Crippen LogP contribution is -2.40. The monoisotopic (exact) mass is 394 g/mol. The number of benzene rings is 1. The minimum atomic E-state index is -0.946. The quantitative estimate of drug-likeness (QED) is 0.748. The molecule has 0 radical (unpaired) electrons. The summed E-state index contributed by atoms with van der Waals surface area (Å²) in [5.41, 5.74) is 0.299. The molecule has 4 nitrogen and oxygen atoms in total. The molecule has 2 heterocycles. The van der Waals surface area contributed by atoms with Crippen LogP contribution in [0.25, 0.3) is 0 Å². The van der Waals surface area contributed by atoms with Crippen molar-refractivity contribution in [2.75, 3.05) is 18.0 Å². The van der Waals surface area contributed by atoms with Gasteiger partial charge in [0, 0.05) is 30.8 Å². The molecule has 1 aromatic rings. The zero-order valence-electron chi connectivity index (χ0n) is 17.4. The summed E-state index contributed by atoms with van der Waals surface area (Å²) in [5, 5.41) is 2.16. The highest BCUT2D eigenvalue weighted by Crippen LogP contribution is 2.34. The average molecular weight is 395 g/mol. The van der Waals surface area contributed by atoms with Gasteiger partial charge >= 0.3 is 0 Å². The second-order valence-corrected chi connectivity index (χ2v) is 7.89. The molecule has 1 aromatic carbocycles. The molecule has 0 spiro atoms. The Labute approximate surface area is 166 Å². The number of piperidine rings is 2. The third-order valence-electron chi connectivity index (χ3n) is 5.44. The van der Waals surface area contributed by atoms with Gasteiger partial charge in [-0.15, -0.1) is 0 Å². The molecule has 28 heavy (non-hydrogen) atoms. The third kappa shape index (κ3) is 5.30. The number of hydrogen-bond donors (Lipinski definition) is 1. The molecular formula is C22H32F2N2O2. The van der Waals surface area contributed by atoms with Gasteiger partial charge in [0.1, 0.15) is 11.6 Å². The first-order chi connectivity index (χ1) is 13.3. The van der Waals surface area contributed by atoms with Crippen LogP contribution in [0.2, 0.25) is 0 Å². The Morgan fingerprint density at radius 3 is 2.14 bits per heavy atom. The predicted octanol–water partition coefficient (Wildman–Crippen LogP) is 4.77. The van der Waals surface area contributed by atoms with E-state index in [0.29, 0.717) is 17.5 Å². The van der Waals surface area contributed by atoms with E-state index < -0.39 is 29.4 Å². The smallest absolute Gasteiger partial charge is 0.234 e. The van der Waals surface area contributed by atoms with Gasteiger partial charge in [0.2, 0.25) is 11.8 Å². The van der Waals surface area contributed by atoms with E-state index in [2.05, 4.69) is 19.2 Å². The fourth-order valence-electron chi connectivity index (χ4n) is 4.15. The summed E-state index contributed by atoms with van der Waals surface area (Å²) in [5.74, 6) is -2.05. The number of nitrogens with one attached hydrogen (secondary N) is 1. The van der Waals surface area contributed by atoms with E-state index in [0.717, 1.165) is 25.9 Å². The Bertz CT molecular complexity index is 675. The molecule has 1 unspecified atom stereocenters. The molecule has 3 rings (SSSR count). The SMILES string of the molecule is CC.CC(C)CC1CCN(c2cc(F)c(C3CCC(=O)NC3=O)c(F)c2)CC1. The summed E-state index contributed by atoms with van der Waals surface area (Å²) < 4.78 is 29.3. The maximum absolute atomic E-state index is 14.6. The maximum Gasteiger partial charge on any atom is 0.234 e. The number of amides is 2. The van der Waals surface area contributed by atoms with E-state index >= 15 is 0 Å². The van der Waals surface area contributed by atoms with Crippen molar-refractivity contribution >= 4 is 17.5 Å². The van der Waals surface area contributed by atoms with Gasteiger partial charge in [0.25, 0.3) is 0 Å². The molecule has 1 N–H and O–H groups in total. The first kappa shape index (κ1) is 22.3.